The number of nitrogens with zero attached hydrogens (tertiary/aromatic N) is 3. The van der Waals surface area contributed by atoms with Gasteiger partial charge in [0, 0.05) is 55.4 Å². The topological polar surface area (TPSA) is 146 Å². The van der Waals surface area contributed by atoms with E-state index in [1.54, 1.807) is 19.0 Å². The van der Waals surface area contributed by atoms with E-state index in [4.69, 9.17) is 9.79 Å². The van der Waals surface area contributed by atoms with Crippen LogP contribution in [0.25, 0.3) is 10.9 Å². The number of nitrogens with one attached hydrogen (secondary N) is 2. The molecule has 2 aromatic carbocycles. The van der Waals surface area contributed by atoms with Crippen molar-refractivity contribution >= 4 is 41.9 Å². The van der Waals surface area contributed by atoms with Crippen molar-refractivity contribution in [1.29, 1.82) is 0 Å². The Hall–Kier alpha value is -3.80. The Kier molecular flexibility index (Phi) is 7.86. The van der Waals surface area contributed by atoms with Gasteiger partial charge in [-0.05, 0) is 49.6 Å². The summed E-state index contributed by atoms with van der Waals surface area (Å²) in [6, 6.07) is 11.9. The molecule has 2 fully saturated rings. The predicted octanol–water partition coefficient (Wildman–Crippen LogP) is 2.85. The normalized spacial score (nSPS) is 21.6. The van der Waals surface area contributed by atoms with Gasteiger partial charge in [0.2, 0.25) is 11.8 Å². The minimum absolute atomic E-state index is 0.0262. The highest BCUT2D eigenvalue weighted by Crippen LogP contribution is 2.59. The highest BCUT2D eigenvalue weighted by atomic mass is 31.2. The second-order valence-electron chi connectivity index (χ2n) is 10.9. The molecule has 3 atom stereocenters. The van der Waals surface area contributed by atoms with Crippen LogP contribution in [0.3, 0.4) is 0 Å². The molecule has 0 bridgehead atoms. The number of aromatic amines is 1. The first-order chi connectivity index (χ1) is 19.8. The van der Waals surface area contributed by atoms with Crippen molar-refractivity contribution in [3.05, 3.63) is 65.9 Å². The average Bonchev–Trinajstić information content (AvgIpc) is 3.56. The maximum Gasteiger partial charge on any atom is 0.399 e. The van der Waals surface area contributed by atoms with Gasteiger partial charge in [-0.15, -0.1) is 0 Å². The molecule has 42 heavy (non-hydrogen) atoms. The lowest BCUT2D eigenvalue weighted by molar-refractivity contribution is -0.145. The van der Waals surface area contributed by atoms with Crippen LogP contribution in [0.4, 0.5) is 14.5 Å². The van der Waals surface area contributed by atoms with Gasteiger partial charge in [0.05, 0.1) is 0 Å². The lowest BCUT2D eigenvalue weighted by Gasteiger charge is -2.39. The van der Waals surface area contributed by atoms with Crippen molar-refractivity contribution in [2.75, 3.05) is 32.1 Å². The number of aromatic nitrogens is 1. The summed E-state index contributed by atoms with van der Waals surface area (Å²) in [5.74, 6) is -1.24. The number of halogens is 2. The van der Waals surface area contributed by atoms with Crippen molar-refractivity contribution in [3.8, 4) is 0 Å². The standard InChI is InChI=1S/C28H32F2N5O6P/c1-33(2)27(38)24-11-9-20-12-13-34(19-6-4-3-5-7-19)16-23(26(37)35(20)24)32-25(36)22-15-17-14-18(8-10-21(17)31-22)28(29,30)42(39,40)41/h3-8,10,14-15,20,23-24,31H,9,11-13,16H2,1-2H3,(H,32,36)(H2,39,40,41)/t20-,23+,24+/m1/s1. The third-order valence-corrected chi connectivity index (χ3v) is 8.91. The Morgan fingerprint density at radius 1 is 1.07 bits per heavy atom. The van der Waals surface area contributed by atoms with Crippen molar-refractivity contribution in [3.63, 3.8) is 0 Å². The second-order valence-corrected chi connectivity index (χ2v) is 12.5. The van der Waals surface area contributed by atoms with Crippen LogP contribution in [0.1, 0.15) is 35.3 Å². The molecule has 14 heteroatoms. The summed E-state index contributed by atoms with van der Waals surface area (Å²) in [7, 11) is -2.50. The van der Waals surface area contributed by atoms with E-state index in [2.05, 4.69) is 10.3 Å². The Morgan fingerprint density at radius 3 is 2.45 bits per heavy atom. The van der Waals surface area contributed by atoms with Crippen LogP contribution in [-0.4, -0.2) is 87.6 Å². The summed E-state index contributed by atoms with van der Waals surface area (Å²) in [6.45, 7) is 0.732. The predicted molar refractivity (Wildman–Crippen MR) is 151 cm³/mol. The molecule has 0 saturated carbocycles. The fourth-order valence-corrected chi connectivity index (χ4v) is 6.22. The molecule has 3 amide bonds. The number of carbonyl (C=O) groups is 3. The molecule has 2 aliphatic heterocycles. The van der Waals surface area contributed by atoms with E-state index in [-0.39, 0.29) is 41.0 Å². The lowest BCUT2D eigenvalue weighted by Crippen LogP contribution is -2.60. The number of amides is 3. The molecule has 11 nitrogen and oxygen atoms in total. The van der Waals surface area contributed by atoms with E-state index in [0.29, 0.717) is 25.8 Å². The van der Waals surface area contributed by atoms with Crippen LogP contribution in [0.15, 0.2) is 54.6 Å². The third kappa shape index (κ3) is 5.51. The number of rotatable bonds is 6. The summed E-state index contributed by atoms with van der Waals surface area (Å²) in [5.41, 5.74) is -4.15. The van der Waals surface area contributed by atoms with Crippen LogP contribution in [-0.2, 0) is 19.8 Å². The summed E-state index contributed by atoms with van der Waals surface area (Å²) >= 11 is 0. The molecule has 3 heterocycles. The van der Waals surface area contributed by atoms with Crippen molar-refractivity contribution < 1.29 is 37.5 Å². The monoisotopic (exact) mass is 603 g/mol. The van der Waals surface area contributed by atoms with Crippen molar-refractivity contribution in [2.24, 2.45) is 0 Å². The molecule has 4 N–H and O–H groups in total. The fraction of sp³-hybridized carbons (Fsp3) is 0.393. The van der Waals surface area contributed by atoms with Crippen LogP contribution in [0.5, 0.6) is 0 Å². The highest BCUT2D eigenvalue weighted by Gasteiger charge is 2.50. The number of likely N-dealkylation sites (N-methyl/N-ethyl adjacent to an activating group) is 1. The number of hydrogen-bond acceptors (Lipinski definition) is 5. The first kappa shape index (κ1) is 29.7. The van der Waals surface area contributed by atoms with E-state index >= 15 is 0 Å². The van der Waals surface area contributed by atoms with Crippen molar-refractivity contribution in [2.45, 2.75) is 43.1 Å². The molecule has 2 aliphatic rings. The van der Waals surface area contributed by atoms with Crippen LogP contribution in [0, 0.1) is 0 Å². The molecular weight excluding hydrogens is 571 g/mol. The summed E-state index contributed by atoms with van der Waals surface area (Å²) in [4.78, 5) is 66.5. The third-order valence-electron chi connectivity index (χ3n) is 7.92. The van der Waals surface area contributed by atoms with E-state index in [1.165, 1.54) is 17.0 Å². The Morgan fingerprint density at radius 2 is 1.79 bits per heavy atom. The Balaban J connectivity index is 1.45. The summed E-state index contributed by atoms with van der Waals surface area (Å²) < 4.78 is 39.9. The minimum Gasteiger partial charge on any atom is -0.369 e. The number of benzene rings is 2. The number of alkyl halides is 2. The van der Waals surface area contributed by atoms with Gasteiger partial charge in [0.25, 0.3) is 5.91 Å². The molecule has 1 aromatic heterocycles. The minimum atomic E-state index is -5.78. The molecule has 224 valence electrons. The van der Waals surface area contributed by atoms with Gasteiger partial charge in [-0.2, -0.15) is 8.78 Å². The zero-order valence-electron chi connectivity index (χ0n) is 23.0. The molecule has 5 rings (SSSR count). The number of hydrogen-bond donors (Lipinski definition) is 4. The maximum atomic E-state index is 14.3. The van der Waals surface area contributed by atoms with Crippen LogP contribution in [0.2, 0.25) is 0 Å². The maximum absolute atomic E-state index is 14.3. The highest BCUT2D eigenvalue weighted by molar-refractivity contribution is 7.52. The first-order valence-electron chi connectivity index (χ1n) is 13.5. The number of anilines is 1. The van der Waals surface area contributed by atoms with Crippen LogP contribution >= 0.6 is 7.60 Å². The van der Waals surface area contributed by atoms with Gasteiger partial charge < -0.3 is 34.8 Å². The number of carbonyl (C=O) groups excluding carboxylic acids is 3. The van der Waals surface area contributed by atoms with Gasteiger partial charge in [-0.3, -0.25) is 18.9 Å². The molecule has 0 spiro atoms. The molecule has 0 unspecified atom stereocenters. The quantitative estimate of drug-likeness (QED) is 0.317. The molecule has 0 aliphatic carbocycles. The van der Waals surface area contributed by atoms with Gasteiger partial charge in [-0.25, -0.2) is 0 Å². The summed E-state index contributed by atoms with van der Waals surface area (Å²) in [5, 5.41) is 2.92. The fourth-order valence-electron chi connectivity index (χ4n) is 5.74. The molecule has 2 saturated heterocycles. The number of fused-ring (bicyclic) bond motifs is 2. The van der Waals surface area contributed by atoms with Gasteiger partial charge in [0.1, 0.15) is 17.8 Å². The smallest absolute Gasteiger partial charge is 0.369 e. The van der Waals surface area contributed by atoms with Crippen LogP contribution < -0.4 is 10.2 Å². The average molecular weight is 604 g/mol. The Labute approximate surface area is 240 Å². The zero-order chi connectivity index (χ0) is 30.4. The molecule has 3 aromatic rings. The largest absolute Gasteiger partial charge is 0.399 e. The molecular formula is C28H32F2N5O6P. The summed E-state index contributed by atoms with van der Waals surface area (Å²) in [6.07, 6.45) is 1.83. The van der Waals surface area contributed by atoms with Gasteiger partial charge in [-0.1, -0.05) is 24.3 Å². The van der Waals surface area contributed by atoms with E-state index in [9.17, 15) is 27.7 Å². The number of H-pyrrole nitrogens is 1. The van der Waals surface area contributed by atoms with Gasteiger partial charge >= 0.3 is 13.3 Å². The van der Waals surface area contributed by atoms with E-state index in [0.717, 1.165) is 17.8 Å². The first-order valence-corrected chi connectivity index (χ1v) is 15.1. The van der Waals surface area contributed by atoms with Gasteiger partial charge in [0.15, 0.2) is 0 Å². The molecule has 0 radical (unpaired) electrons. The van der Waals surface area contributed by atoms with E-state index < -0.39 is 36.8 Å². The Bertz CT molecular complexity index is 1560. The lowest BCUT2D eigenvalue weighted by atomic mass is 10.1. The SMILES string of the molecule is CN(C)C(=O)[C@@H]1CC[C@@H]2CCN(c3ccccc3)C[C@H](NC(=O)c3cc4cc(C(F)(F)P(=O)(O)O)ccc4[nH]3)C(=O)N21. The zero-order valence-corrected chi connectivity index (χ0v) is 23.9. The van der Waals surface area contributed by atoms with E-state index in [1.807, 2.05) is 35.2 Å². The number of para-hydroxylation sites is 1. The second kappa shape index (κ2) is 11.1. The van der Waals surface area contributed by atoms with Crippen molar-refractivity contribution in [1.82, 2.24) is 20.1 Å².